The van der Waals surface area contributed by atoms with Crippen molar-refractivity contribution in [3.05, 3.63) is 83.9 Å². The number of unbranched alkanes of at least 4 members (excludes halogenated alkanes) is 1. The molecular formula is C60H89N15O20. The van der Waals surface area contributed by atoms with Crippen LogP contribution >= 0.6 is 0 Å². The first-order valence-electron chi connectivity index (χ1n) is 30.5. The fraction of sp³-hybridized carbons (Fsp3) is 0.533. The molecule has 0 aliphatic heterocycles. The second-order valence-electron chi connectivity index (χ2n) is 22.6. The van der Waals surface area contributed by atoms with E-state index in [1.807, 2.05) is 0 Å². The number of hydrogen-bond donors (Lipinski definition) is 21. The fourth-order valence-corrected chi connectivity index (χ4v) is 9.02. The summed E-state index contributed by atoms with van der Waals surface area (Å²) in [5, 5.41) is 96.1. The molecule has 0 radical (unpaired) electrons. The van der Waals surface area contributed by atoms with Crippen LogP contribution in [0.5, 0.6) is 5.75 Å². The zero-order valence-corrected chi connectivity index (χ0v) is 53.2. The average molecular weight is 1340 g/mol. The van der Waals surface area contributed by atoms with Crippen molar-refractivity contribution < 1.29 is 98.1 Å². The number of H-pyrrole nitrogens is 1. The van der Waals surface area contributed by atoms with Gasteiger partial charge in [-0.15, -0.1) is 0 Å². The van der Waals surface area contributed by atoms with Crippen LogP contribution in [-0.2, 0) is 81.6 Å². The summed E-state index contributed by atoms with van der Waals surface area (Å²) in [5.41, 5.74) is 12.5. The summed E-state index contributed by atoms with van der Waals surface area (Å²) in [7, 11) is 0. The lowest BCUT2D eigenvalue weighted by atomic mass is 9.99. The minimum atomic E-state index is -1.84. The summed E-state index contributed by atoms with van der Waals surface area (Å²) >= 11 is 0. The van der Waals surface area contributed by atoms with Crippen LogP contribution in [0.4, 0.5) is 0 Å². The van der Waals surface area contributed by atoms with E-state index in [0.717, 1.165) is 6.92 Å². The number of benzene rings is 2. The Morgan fingerprint density at radius 1 is 0.526 bits per heavy atom. The van der Waals surface area contributed by atoms with Gasteiger partial charge >= 0.3 is 11.9 Å². The maximum atomic E-state index is 14.2. The number of nitrogens with zero attached hydrogens (tertiary/aromatic N) is 1. The number of imidazole rings is 1. The number of nitrogens with two attached hydrogens (primary N) is 2. The molecule has 3 rings (SSSR count). The molecule has 1 heterocycles. The molecule has 35 heteroatoms. The zero-order valence-electron chi connectivity index (χ0n) is 53.2. The molecular weight excluding hydrogens is 1250 g/mol. The van der Waals surface area contributed by atoms with Crippen molar-refractivity contribution in [3.63, 3.8) is 0 Å². The van der Waals surface area contributed by atoms with E-state index >= 15 is 0 Å². The van der Waals surface area contributed by atoms with E-state index in [-0.39, 0.29) is 50.1 Å². The Kier molecular flexibility index (Phi) is 33.9. The standard InChI is InChI=1S/C60H89N15O20/c1-6-30(2)48(60(94)95)74-45(81)26-64-59(93)49(33(5)79)75-55(89)41(23-35-15-17-37(80)18-16-35)69-52(86)39(19-20-46(82)83)67-50(84)31(3)66-51(85)38(14-10-11-21-61)68-56(90)43(27-76)72-54(88)42(24-36-25-63-29-65-36)71-53(87)40(22-34-12-8-7-9-13-34)70-57(91)44(28-77)73-58(92)47(62)32(4)78/h7-9,12-13,15-18,25,29-33,38-44,47-49,76-80H,6,10-11,14,19-24,26-28,61-62H2,1-5H3,(H,63,65)(H,64,93)(H,66,85)(H,67,84)(H,68,90)(H,69,86)(H,70,91)(H,71,87)(H,72,88)(H,73,92)(H,74,81)(H,75,89)(H,82,83)(H,94,95)/t30-,31-,32+,33+,38-,39-,40-,41-,42-,43-,44-,47-,48-,49-/m0/s1. The van der Waals surface area contributed by atoms with Gasteiger partial charge in [0.15, 0.2) is 0 Å². The number of phenols is 1. The first-order chi connectivity index (χ1) is 44.9. The molecule has 11 amide bonds. The third-order valence-corrected chi connectivity index (χ3v) is 14.9. The Bertz CT molecular complexity index is 3050. The van der Waals surface area contributed by atoms with Crippen LogP contribution in [0.25, 0.3) is 0 Å². The van der Waals surface area contributed by atoms with Gasteiger partial charge in [0.05, 0.1) is 38.3 Å². The smallest absolute Gasteiger partial charge is 0.326 e. The van der Waals surface area contributed by atoms with Crippen LogP contribution in [0.2, 0.25) is 0 Å². The Morgan fingerprint density at radius 3 is 1.49 bits per heavy atom. The SMILES string of the molecule is CC[C@H](C)[C@H](NC(=O)CNC(=O)[C@@H](NC(=O)[C@H](Cc1ccc(O)cc1)NC(=O)[C@H](CCC(=O)O)NC(=O)[C@H](C)NC(=O)[C@H](CCCCN)NC(=O)[C@H](CO)NC(=O)[C@H](Cc1cnc[nH]1)NC(=O)[C@H](Cc1ccccc1)NC(=O)[C@H](CO)NC(=O)[C@@H](N)[C@@H](C)O)[C@@H](C)O)C(=O)O. The molecule has 2 aromatic carbocycles. The Hall–Kier alpha value is -9.68. The predicted octanol–water partition coefficient (Wildman–Crippen LogP) is -6.67. The highest BCUT2D eigenvalue weighted by molar-refractivity contribution is 5.99. The van der Waals surface area contributed by atoms with Gasteiger partial charge in [0.2, 0.25) is 65.0 Å². The number of aromatic hydroxyl groups is 1. The van der Waals surface area contributed by atoms with Gasteiger partial charge in [-0.1, -0.05) is 62.7 Å². The van der Waals surface area contributed by atoms with Crippen LogP contribution in [0.3, 0.4) is 0 Å². The van der Waals surface area contributed by atoms with Gasteiger partial charge in [0, 0.05) is 37.6 Å². The van der Waals surface area contributed by atoms with E-state index in [9.17, 15) is 98.1 Å². The van der Waals surface area contributed by atoms with E-state index in [0.29, 0.717) is 24.0 Å². The maximum absolute atomic E-state index is 14.2. The highest BCUT2D eigenvalue weighted by atomic mass is 16.4. The quantitative estimate of drug-likeness (QED) is 0.0235. The van der Waals surface area contributed by atoms with E-state index in [1.54, 1.807) is 44.2 Å². The van der Waals surface area contributed by atoms with Gasteiger partial charge < -0.3 is 111 Å². The second-order valence-corrected chi connectivity index (χ2v) is 22.6. The summed E-state index contributed by atoms with van der Waals surface area (Å²) < 4.78 is 0. The monoisotopic (exact) mass is 1340 g/mol. The average Bonchev–Trinajstić information content (AvgIpc) is 1.37. The molecule has 14 atom stereocenters. The van der Waals surface area contributed by atoms with Crippen molar-refractivity contribution in [1.29, 1.82) is 0 Å². The lowest BCUT2D eigenvalue weighted by Gasteiger charge is -2.27. The molecule has 0 saturated heterocycles. The van der Waals surface area contributed by atoms with Crippen LogP contribution in [0.15, 0.2) is 67.1 Å². The summed E-state index contributed by atoms with van der Waals surface area (Å²) in [4.78, 5) is 181. The molecule has 23 N–H and O–H groups in total. The highest BCUT2D eigenvalue weighted by Gasteiger charge is 2.37. The van der Waals surface area contributed by atoms with E-state index < -0.39 is 194 Å². The van der Waals surface area contributed by atoms with Gasteiger partial charge in [0.25, 0.3) is 0 Å². The van der Waals surface area contributed by atoms with Crippen molar-refractivity contribution in [2.24, 2.45) is 17.4 Å². The number of carboxylic acids is 2. The Labute approximate surface area is 546 Å². The summed E-state index contributed by atoms with van der Waals surface area (Å²) in [6, 6.07) is -4.27. The third kappa shape index (κ3) is 27.4. The van der Waals surface area contributed by atoms with Crippen molar-refractivity contribution in [2.75, 3.05) is 26.3 Å². The molecule has 0 fully saturated rings. The summed E-state index contributed by atoms with van der Waals surface area (Å²) in [6.07, 6.45) is -1.94. The number of amides is 11. The molecule has 0 aliphatic carbocycles. The molecule has 0 unspecified atom stereocenters. The van der Waals surface area contributed by atoms with Crippen molar-refractivity contribution >= 4 is 76.9 Å². The number of phenolic OH excluding ortho intramolecular Hbond substituents is 1. The van der Waals surface area contributed by atoms with Crippen LogP contribution < -0.4 is 70.0 Å². The largest absolute Gasteiger partial charge is 0.508 e. The van der Waals surface area contributed by atoms with Crippen molar-refractivity contribution in [1.82, 2.24) is 68.5 Å². The number of carboxylic acid groups (broad SMARTS) is 2. The molecule has 0 aliphatic rings. The normalized spacial score (nSPS) is 15.5. The number of aliphatic carboxylic acids is 2. The van der Waals surface area contributed by atoms with E-state index in [2.05, 4.69) is 68.5 Å². The number of carbonyl (C=O) groups is 13. The molecule has 0 saturated carbocycles. The van der Waals surface area contributed by atoms with E-state index in [1.165, 1.54) is 50.6 Å². The number of hydrogen-bond acceptors (Lipinski definition) is 21. The molecule has 35 nitrogen and oxygen atoms in total. The van der Waals surface area contributed by atoms with Crippen molar-refractivity contribution in [3.8, 4) is 5.75 Å². The molecule has 524 valence electrons. The fourth-order valence-electron chi connectivity index (χ4n) is 9.02. The Balaban J connectivity index is 1.86. The minimum Gasteiger partial charge on any atom is -0.508 e. The number of nitrogens with one attached hydrogen (secondary N) is 12. The zero-order chi connectivity index (χ0) is 71.1. The first-order valence-corrected chi connectivity index (χ1v) is 30.5. The number of carbonyl (C=O) groups excluding carboxylic acids is 11. The molecule has 0 spiro atoms. The van der Waals surface area contributed by atoms with Crippen molar-refractivity contribution in [2.45, 2.75) is 171 Å². The Morgan fingerprint density at radius 2 is 1.00 bits per heavy atom. The van der Waals surface area contributed by atoms with Gasteiger partial charge in [-0.25, -0.2) is 9.78 Å². The lowest BCUT2D eigenvalue weighted by molar-refractivity contribution is -0.143. The van der Waals surface area contributed by atoms with Gasteiger partial charge in [0.1, 0.15) is 72.2 Å². The number of aliphatic hydroxyl groups is 4. The molecule has 0 bridgehead atoms. The predicted molar refractivity (Wildman–Crippen MR) is 335 cm³/mol. The summed E-state index contributed by atoms with van der Waals surface area (Å²) in [5.74, 6) is -15.1. The molecule has 1 aromatic heterocycles. The van der Waals surface area contributed by atoms with E-state index in [4.69, 9.17) is 11.5 Å². The van der Waals surface area contributed by atoms with Crippen LogP contribution in [0, 0.1) is 5.92 Å². The third-order valence-electron chi connectivity index (χ3n) is 14.9. The molecule has 3 aromatic rings. The number of aromatic amines is 1. The lowest BCUT2D eigenvalue weighted by Crippen LogP contribution is -2.61. The minimum absolute atomic E-state index is 0.136. The van der Waals surface area contributed by atoms with Crippen LogP contribution in [-0.4, -0.2) is 228 Å². The van der Waals surface area contributed by atoms with Gasteiger partial charge in [-0.05, 0) is 82.2 Å². The summed E-state index contributed by atoms with van der Waals surface area (Å²) in [6.45, 7) is 4.10. The first kappa shape index (κ1) is 79.6. The number of rotatable bonds is 42. The second kappa shape index (κ2) is 40.4. The molecule has 95 heavy (non-hydrogen) atoms. The topological polar surface area (TPSA) is 577 Å². The number of aliphatic hydroxyl groups excluding tert-OH is 4. The highest BCUT2D eigenvalue weighted by Crippen LogP contribution is 2.14. The maximum Gasteiger partial charge on any atom is 0.326 e. The van der Waals surface area contributed by atoms with Crippen LogP contribution in [0.1, 0.15) is 90.0 Å². The van der Waals surface area contributed by atoms with Gasteiger partial charge in [-0.3, -0.25) is 57.5 Å². The number of aromatic nitrogens is 2. The van der Waals surface area contributed by atoms with Gasteiger partial charge in [-0.2, -0.15) is 0 Å².